The van der Waals surface area contributed by atoms with Gasteiger partial charge in [0.05, 0.1) is 4.92 Å². The molecule has 0 spiro atoms. The fraction of sp³-hybridized carbons (Fsp3) is 0.286. The molecule has 0 saturated carbocycles. The van der Waals surface area contributed by atoms with Gasteiger partial charge >= 0.3 is 5.79 Å². The lowest BCUT2D eigenvalue weighted by Gasteiger charge is -2.21. The number of hydrogen-bond donors (Lipinski definition) is 1. The fourth-order valence-electron chi connectivity index (χ4n) is 0.975. The van der Waals surface area contributed by atoms with Crippen LogP contribution in [0.1, 0.15) is 0 Å². The van der Waals surface area contributed by atoms with E-state index in [1.165, 1.54) is 0 Å². The van der Waals surface area contributed by atoms with Gasteiger partial charge in [0, 0.05) is 11.6 Å². The minimum atomic E-state index is -3.09. The zero-order valence-electron chi connectivity index (χ0n) is 6.38. The van der Waals surface area contributed by atoms with Gasteiger partial charge in [-0.1, -0.05) is 12.2 Å². The molecule has 6 heteroatoms. The van der Waals surface area contributed by atoms with Crippen molar-refractivity contribution in [3.8, 4) is 0 Å². The highest BCUT2D eigenvalue weighted by atomic mass is 19.1. The van der Waals surface area contributed by atoms with Crippen LogP contribution in [-0.2, 0) is 4.79 Å². The number of halogens is 1. The summed E-state index contributed by atoms with van der Waals surface area (Å²) in [5, 5.41) is 19.3. The van der Waals surface area contributed by atoms with Crippen LogP contribution in [-0.4, -0.2) is 28.2 Å². The van der Waals surface area contributed by atoms with Crippen molar-refractivity contribution in [2.75, 3.05) is 0 Å². The van der Waals surface area contributed by atoms with Crippen molar-refractivity contribution < 1.29 is 19.2 Å². The van der Waals surface area contributed by atoms with E-state index in [2.05, 4.69) is 0 Å². The summed E-state index contributed by atoms with van der Waals surface area (Å²) < 4.78 is 13.3. The second-order valence-electron chi connectivity index (χ2n) is 2.53. The molecule has 2 unspecified atom stereocenters. The summed E-state index contributed by atoms with van der Waals surface area (Å²) in [6.07, 6.45) is 0.902. The van der Waals surface area contributed by atoms with E-state index in [-0.39, 0.29) is 11.9 Å². The minimum Gasteiger partial charge on any atom is -0.378 e. The molecule has 2 atom stereocenters. The third-order valence-electron chi connectivity index (χ3n) is 1.73. The van der Waals surface area contributed by atoms with Gasteiger partial charge in [-0.25, -0.2) is 0 Å². The van der Waals surface area contributed by atoms with Gasteiger partial charge in [-0.2, -0.15) is 4.39 Å². The second-order valence-corrected chi connectivity index (χ2v) is 2.53. The third-order valence-corrected chi connectivity index (χ3v) is 1.73. The first kappa shape index (κ1) is 9.53. The number of allylic oxidation sites excluding steroid dienone is 2. The fourth-order valence-corrected chi connectivity index (χ4v) is 0.975. The van der Waals surface area contributed by atoms with Crippen molar-refractivity contribution in [2.24, 2.45) is 0 Å². The predicted octanol–water partition coefficient (Wildman–Crippen LogP) is -0.0151. The predicted molar refractivity (Wildman–Crippen MR) is 40.1 cm³/mol. The third kappa shape index (κ3) is 1.35. The van der Waals surface area contributed by atoms with E-state index in [0.717, 1.165) is 12.2 Å². The monoisotopic (exact) mass is 187 g/mol. The Morgan fingerprint density at radius 3 is 2.85 bits per heavy atom. The molecule has 0 bridgehead atoms. The lowest BCUT2D eigenvalue weighted by molar-refractivity contribution is -0.600. The highest BCUT2D eigenvalue weighted by molar-refractivity contribution is 5.76. The van der Waals surface area contributed by atoms with Crippen LogP contribution in [0, 0.1) is 10.1 Å². The number of rotatable bonds is 2. The van der Waals surface area contributed by atoms with Gasteiger partial charge in [-0.05, 0) is 0 Å². The molecule has 0 aromatic heterocycles. The molecule has 0 amide bonds. The number of hydrogen-bond acceptors (Lipinski definition) is 4. The molecule has 0 aliphatic heterocycles. The van der Waals surface area contributed by atoms with Crippen LogP contribution in [0.25, 0.3) is 0 Å². The van der Waals surface area contributed by atoms with Crippen LogP contribution in [0.5, 0.6) is 0 Å². The molecule has 0 fully saturated rings. The summed E-state index contributed by atoms with van der Waals surface area (Å²) >= 11 is 0. The highest BCUT2D eigenvalue weighted by Crippen LogP contribution is 2.27. The number of aldehydes is 1. The lowest BCUT2D eigenvalue weighted by atomic mass is 9.96. The quantitative estimate of drug-likeness (QED) is 0.285. The molecule has 1 N–H and O–H groups in total. The van der Waals surface area contributed by atoms with E-state index >= 15 is 0 Å². The van der Waals surface area contributed by atoms with E-state index in [4.69, 9.17) is 5.11 Å². The normalized spacial score (nSPS) is 32.5. The standard InChI is InChI=1S/C7H6FNO4/c8-7(9(12)13)3-1-2-5(4-10)6(7)11/h1-4,6,11H. The summed E-state index contributed by atoms with van der Waals surface area (Å²) in [7, 11) is 0. The Balaban J connectivity index is 3.08. The first-order valence-electron chi connectivity index (χ1n) is 3.38. The molecule has 0 aromatic carbocycles. The van der Waals surface area contributed by atoms with E-state index in [0.29, 0.717) is 6.08 Å². The van der Waals surface area contributed by atoms with Crippen molar-refractivity contribution >= 4 is 6.29 Å². The maximum atomic E-state index is 13.3. The minimum absolute atomic E-state index is 0.187. The van der Waals surface area contributed by atoms with Crippen molar-refractivity contribution in [1.82, 2.24) is 0 Å². The summed E-state index contributed by atoms with van der Waals surface area (Å²) in [5.74, 6) is -3.09. The van der Waals surface area contributed by atoms with Crippen LogP contribution in [0.3, 0.4) is 0 Å². The van der Waals surface area contributed by atoms with E-state index in [9.17, 15) is 19.3 Å². The number of carbonyl (C=O) groups is 1. The number of nitrogens with zero attached hydrogens (tertiary/aromatic N) is 1. The van der Waals surface area contributed by atoms with Gasteiger partial charge < -0.3 is 5.11 Å². The molecule has 0 radical (unpaired) electrons. The van der Waals surface area contributed by atoms with Crippen molar-refractivity contribution in [3.63, 3.8) is 0 Å². The van der Waals surface area contributed by atoms with Gasteiger partial charge in [0.25, 0.3) is 0 Å². The molecule has 1 aliphatic carbocycles. The average molecular weight is 187 g/mol. The second kappa shape index (κ2) is 3.06. The molecule has 5 nitrogen and oxygen atoms in total. The summed E-state index contributed by atoms with van der Waals surface area (Å²) in [6.45, 7) is 0. The number of aliphatic hydroxyl groups is 1. The molecule has 0 saturated heterocycles. The maximum Gasteiger partial charge on any atom is 0.407 e. The molecular weight excluding hydrogens is 181 g/mol. The topological polar surface area (TPSA) is 80.4 Å². The highest BCUT2D eigenvalue weighted by Gasteiger charge is 2.51. The molecule has 1 rings (SSSR count). The summed E-state index contributed by atoms with van der Waals surface area (Å²) in [4.78, 5) is 19.2. The first-order valence-corrected chi connectivity index (χ1v) is 3.38. The number of carbonyl (C=O) groups excluding carboxylic acids is 1. The van der Waals surface area contributed by atoms with Crippen LogP contribution >= 0.6 is 0 Å². The Bertz CT molecular complexity index is 312. The Morgan fingerprint density at radius 1 is 1.77 bits per heavy atom. The zero-order chi connectivity index (χ0) is 10.1. The van der Waals surface area contributed by atoms with E-state index in [1.54, 1.807) is 0 Å². The van der Waals surface area contributed by atoms with Crippen LogP contribution < -0.4 is 0 Å². The first-order chi connectivity index (χ1) is 6.02. The molecule has 0 heterocycles. The van der Waals surface area contributed by atoms with E-state index < -0.39 is 16.8 Å². The van der Waals surface area contributed by atoms with Gasteiger partial charge in [-0.15, -0.1) is 0 Å². The molecular formula is C7H6FNO4. The SMILES string of the molecule is O=CC1=CC=CC(F)([N+](=O)[O-])C1O. The lowest BCUT2D eigenvalue weighted by Crippen LogP contribution is -2.46. The van der Waals surface area contributed by atoms with Crippen LogP contribution in [0.4, 0.5) is 4.39 Å². The zero-order valence-corrected chi connectivity index (χ0v) is 6.38. The number of alkyl halides is 1. The number of nitro groups is 1. The molecule has 70 valence electrons. The van der Waals surface area contributed by atoms with Crippen molar-refractivity contribution in [2.45, 2.75) is 11.9 Å². The summed E-state index contributed by atoms with van der Waals surface area (Å²) in [6, 6.07) is 0. The van der Waals surface area contributed by atoms with Gasteiger partial charge in [0.2, 0.25) is 0 Å². The Labute approximate surface area is 72.3 Å². The Kier molecular flexibility index (Phi) is 2.24. The largest absolute Gasteiger partial charge is 0.407 e. The Hall–Kier alpha value is -1.56. The maximum absolute atomic E-state index is 13.3. The molecule has 0 aromatic rings. The summed E-state index contributed by atoms with van der Waals surface area (Å²) in [5.41, 5.74) is -0.346. The molecule has 1 aliphatic rings. The van der Waals surface area contributed by atoms with Gasteiger partial charge in [0.15, 0.2) is 6.10 Å². The van der Waals surface area contributed by atoms with Crippen LogP contribution in [0.2, 0.25) is 0 Å². The Morgan fingerprint density at radius 2 is 2.38 bits per heavy atom. The van der Waals surface area contributed by atoms with Crippen molar-refractivity contribution in [1.29, 1.82) is 0 Å². The number of aliphatic hydroxyl groups excluding tert-OH is 1. The smallest absolute Gasteiger partial charge is 0.378 e. The van der Waals surface area contributed by atoms with Crippen molar-refractivity contribution in [3.05, 3.63) is 33.9 Å². The average Bonchev–Trinajstić information content (AvgIpc) is 2.09. The molecule has 13 heavy (non-hydrogen) atoms. The van der Waals surface area contributed by atoms with E-state index in [1.807, 2.05) is 0 Å². The van der Waals surface area contributed by atoms with Gasteiger partial charge in [-0.3, -0.25) is 14.9 Å². The van der Waals surface area contributed by atoms with Crippen LogP contribution in [0.15, 0.2) is 23.8 Å². The van der Waals surface area contributed by atoms with Gasteiger partial charge in [0.1, 0.15) is 6.29 Å².